The topological polar surface area (TPSA) is 98.8 Å². The van der Waals surface area contributed by atoms with E-state index in [2.05, 4.69) is 19.6 Å². The van der Waals surface area contributed by atoms with E-state index in [1.54, 1.807) is 36.4 Å². The second-order valence-corrected chi connectivity index (χ2v) is 19.1. The van der Waals surface area contributed by atoms with Crippen molar-refractivity contribution >= 4 is 26.1 Å². The standard InChI is InChI=1S/C36H48O9Si/c1-24-17-18-29(43-34(37)26-13-10-9-11-14-26)33-30(44-36(3,4)45-33)16-12-15-27-21-28(40-19-20-46(6,7)8)22-31(41-23-39-5)32(27)35(38)42-25(24)2/h9-15,17-18,21-22,24-25,29-30,33H,16,19-20,23H2,1-8H3/t24-,25+,29?,30+,33?/m1/s1. The molecule has 5 atom stereocenters. The van der Waals surface area contributed by atoms with Crippen LogP contribution >= 0.6 is 0 Å². The lowest BCUT2D eigenvalue weighted by atomic mass is 9.98. The highest BCUT2D eigenvalue weighted by atomic mass is 28.3. The van der Waals surface area contributed by atoms with Crippen LogP contribution in [0.4, 0.5) is 0 Å². The fraction of sp³-hybridized carbons (Fsp3) is 0.500. The largest absolute Gasteiger partial charge is 0.494 e. The van der Waals surface area contributed by atoms with Crippen LogP contribution in [0.3, 0.4) is 0 Å². The van der Waals surface area contributed by atoms with Gasteiger partial charge in [-0.2, -0.15) is 0 Å². The van der Waals surface area contributed by atoms with Crippen molar-refractivity contribution in [3.8, 4) is 11.5 Å². The van der Waals surface area contributed by atoms with Crippen molar-refractivity contribution < 1.29 is 42.7 Å². The molecule has 2 unspecified atom stereocenters. The van der Waals surface area contributed by atoms with Crippen molar-refractivity contribution in [2.24, 2.45) is 5.92 Å². The van der Waals surface area contributed by atoms with Crippen LogP contribution in [0.5, 0.6) is 11.5 Å². The zero-order valence-corrected chi connectivity index (χ0v) is 29.2. The number of fused-ring (bicyclic) bond motifs is 2. The van der Waals surface area contributed by atoms with Crippen LogP contribution in [0, 0.1) is 5.92 Å². The number of benzene rings is 2. The Kier molecular flexibility index (Phi) is 11.9. The molecule has 4 rings (SSSR count). The van der Waals surface area contributed by atoms with Gasteiger partial charge in [-0.3, -0.25) is 0 Å². The molecule has 46 heavy (non-hydrogen) atoms. The monoisotopic (exact) mass is 652 g/mol. The molecule has 2 aromatic carbocycles. The number of hydrogen-bond donors (Lipinski definition) is 0. The molecule has 0 aromatic heterocycles. The lowest BCUT2D eigenvalue weighted by Gasteiger charge is -2.26. The average Bonchev–Trinajstić information content (AvgIpc) is 3.30. The maximum atomic E-state index is 13.8. The third kappa shape index (κ3) is 9.78. The zero-order valence-electron chi connectivity index (χ0n) is 28.2. The van der Waals surface area contributed by atoms with Gasteiger partial charge in [0.15, 0.2) is 12.6 Å². The van der Waals surface area contributed by atoms with E-state index in [0.29, 0.717) is 35.7 Å². The molecule has 0 radical (unpaired) electrons. The third-order valence-electron chi connectivity index (χ3n) is 7.86. The van der Waals surface area contributed by atoms with Crippen molar-refractivity contribution in [1.29, 1.82) is 0 Å². The van der Waals surface area contributed by atoms with Crippen molar-refractivity contribution in [3.05, 3.63) is 77.4 Å². The summed E-state index contributed by atoms with van der Waals surface area (Å²) in [5, 5.41) is 0. The molecule has 0 amide bonds. The highest BCUT2D eigenvalue weighted by Crippen LogP contribution is 2.36. The maximum Gasteiger partial charge on any atom is 0.342 e. The second-order valence-electron chi connectivity index (χ2n) is 13.5. The number of rotatable bonds is 9. The van der Waals surface area contributed by atoms with Gasteiger partial charge in [-0.05, 0) is 63.1 Å². The van der Waals surface area contributed by atoms with E-state index in [-0.39, 0.29) is 18.3 Å². The Morgan fingerprint density at radius 1 is 1.02 bits per heavy atom. The minimum absolute atomic E-state index is 0.0520. The van der Waals surface area contributed by atoms with E-state index >= 15 is 0 Å². The smallest absolute Gasteiger partial charge is 0.342 e. The first-order valence-corrected chi connectivity index (χ1v) is 19.6. The number of methoxy groups -OCH3 is 1. The SMILES string of the molecule is COCOc1cc(OCC[Si](C)(C)C)cc2c1C(=O)O[C@@H](C)[C@H](C)C=CC(OC(=O)c1ccccc1)C1OC(C)(C)O[C@H]1CC=C2. The predicted molar refractivity (Wildman–Crippen MR) is 179 cm³/mol. The Hall–Kier alpha value is -3.44. The van der Waals surface area contributed by atoms with E-state index in [1.807, 2.05) is 58.1 Å². The van der Waals surface area contributed by atoms with E-state index in [0.717, 1.165) is 6.04 Å². The Morgan fingerprint density at radius 2 is 1.76 bits per heavy atom. The normalized spacial score (nSPS) is 24.7. The van der Waals surface area contributed by atoms with Crippen LogP contribution in [-0.4, -0.2) is 70.7 Å². The van der Waals surface area contributed by atoms with Crippen molar-refractivity contribution in [1.82, 2.24) is 0 Å². The Morgan fingerprint density at radius 3 is 2.46 bits per heavy atom. The molecule has 0 saturated carbocycles. The van der Waals surface area contributed by atoms with E-state index in [9.17, 15) is 9.59 Å². The summed E-state index contributed by atoms with van der Waals surface area (Å²) in [5.41, 5.74) is 1.29. The Labute approximate surface area is 273 Å². The van der Waals surface area contributed by atoms with Gasteiger partial charge in [0.25, 0.3) is 0 Å². The van der Waals surface area contributed by atoms with Gasteiger partial charge in [-0.15, -0.1) is 0 Å². The van der Waals surface area contributed by atoms with Crippen molar-refractivity contribution in [2.75, 3.05) is 20.5 Å². The molecule has 2 aliphatic heterocycles. The number of cyclic esters (lactones) is 1. The number of carbonyl (C=O) groups is 2. The summed E-state index contributed by atoms with van der Waals surface area (Å²) < 4.78 is 41.9. The van der Waals surface area contributed by atoms with Crippen molar-refractivity contribution in [2.45, 2.75) is 90.0 Å². The van der Waals surface area contributed by atoms with E-state index in [4.69, 9.17) is 33.2 Å². The molecule has 0 bridgehead atoms. The van der Waals surface area contributed by atoms with Gasteiger partial charge in [-0.25, -0.2) is 9.59 Å². The van der Waals surface area contributed by atoms with Gasteiger partial charge in [0.2, 0.25) is 0 Å². The van der Waals surface area contributed by atoms with Gasteiger partial charge in [0.05, 0.1) is 18.3 Å². The molecule has 2 aliphatic rings. The number of carbonyl (C=O) groups excluding carboxylic acids is 2. The second kappa shape index (κ2) is 15.4. The molecule has 1 saturated heterocycles. The quantitative estimate of drug-likeness (QED) is 0.120. The predicted octanol–water partition coefficient (Wildman–Crippen LogP) is 7.29. The lowest BCUT2D eigenvalue weighted by Crippen LogP contribution is -2.37. The van der Waals surface area contributed by atoms with Crippen LogP contribution in [0.1, 0.15) is 60.4 Å². The highest BCUT2D eigenvalue weighted by molar-refractivity contribution is 6.76. The van der Waals surface area contributed by atoms with Crippen LogP contribution in [0.25, 0.3) is 6.08 Å². The van der Waals surface area contributed by atoms with E-state index < -0.39 is 50.2 Å². The fourth-order valence-electron chi connectivity index (χ4n) is 5.17. The van der Waals surface area contributed by atoms with Crippen LogP contribution < -0.4 is 9.47 Å². The van der Waals surface area contributed by atoms with Gasteiger partial charge < -0.3 is 33.2 Å². The summed E-state index contributed by atoms with van der Waals surface area (Å²) in [6.45, 7) is 14.8. The Bertz CT molecular complexity index is 1400. The molecule has 0 N–H and O–H groups in total. The summed E-state index contributed by atoms with van der Waals surface area (Å²) in [7, 11) is 0.189. The molecule has 1 fully saturated rings. The first-order chi connectivity index (χ1) is 21.8. The highest BCUT2D eigenvalue weighted by Gasteiger charge is 2.45. The maximum absolute atomic E-state index is 13.8. The van der Waals surface area contributed by atoms with Crippen LogP contribution in [0.2, 0.25) is 25.7 Å². The molecule has 2 aromatic rings. The molecule has 10 heteroatoms. The molecule has 9 nitrogen and oxygen atoms in total. The zero-order chi connectivity index (χ0) is 33.5. The first-order valence-electron chi connectivity index (χ1n) is 15.9. The molecular weight excluding hydrogens is 604 g/mol. The summed E-state index contributed by atoms with van der Waals surface area (Å²) in [4.78, 5) is 26.9. The van der Waals surface area contributed by atoms with Gasteiger partial charge in [0, 0.05) is 27.2 Å². The molecule has 2 heterocycles. The summed E-state index contributed by atoms with van der Waals surface area (Å²) in [6, 6.07) is 13.4. The average molecular weight is 653 g/mol. The Balaban J connectivity index is 1.73. The van der Waals surface area contributed by atoms with Gasteiger partial charge >= 0.3 is 11.9 Å². The van der Waals surface area contributed by atoms with Gasteiger partial charge in [-0.1, -0.05) is 63.0 Å². The summed E-state index contributed by atoms with van der Waals surface area (Å²) >= 11 is 0. The third-order valence-corrected chi connectivity index (χ3v) is 9.57. The minimum Gasteiger partial charge on any atom is -0.494 e. The molecule has 0 spiro atoms. The van der Waals surface area contributed by atoms with Crippen LogP contribution in [-0.2, 0) is 23.7 Å². The lowest BCUT2D eigenvalue weighted by molar-refractivity contribution is -0.152. The molecule has 250 valence electrons. The number of hydrogen-bond acceptors (Lipinski definition) is 9. The van der Waals surface area contributed by atoms with Gasteiger partial charge in [0.1, 0.15) is 35.4 Å². The minimum atomic E-state index is -1.33. The first kappa shape index (κ1) is 35.4. The summed E-state index contributed by atoms with van der Waals surface area (Å²) in [5.74, 6) is -1.24. The van der Waals surface area contributed by atoms with E-state index in [1.165, 1.54) is 7.11 Å². The fourth-order valence-corrected chi connectivity index (χ4v) is 5.88. The number of ether oxygens (including phenoxy) is 7. The summed E-state index contributed by atoms with van der Waals surface area (Å²) in [6.07, 6.45) is 5.54. The number of esters is 2. The van der Waals surface area contributed by atoms with Crippen molar-refractivity contribution in [3.63, 3.8) is 0 Å². The molecular formula is C36H48O9Si. The van der Waals surface area contributed by atoms with Crippen LogP contribution in [0.15, 0.2) is 60.7 Å². The molecule has 0 aliphatic carbocycles.